The molecule has 3 aliphatic rings. The van der Waals surface area contributed by atoms with Gasteiger partial charge in [-0.2, -0.15) is 0 Å². The molecule has 1 saturated heterocycles. The summed E-state index contributed by atoms with van der Waals surface area (Å²) in [6.07, 6.45) is -0.414. The molecule has 2 aliphatic carbocycles. The standard InChI is InChI=1S/C20H26O8/c1-5-10(26-18(23)8(2)3)6-9(4)19(24)27-15-11-7-12-14(13(11)17(21)22)20(25)28-16(12)15/h9-16H,2,5-7H2,1,3-4H3,(H,21,22). The molecule has 0 aromatic carbocycles. The van der Waals surface area contributed by atoms with Crippen LogP contribution in [0.1, 0.15) is 40.0 Å². The van der Waals surface area contributed by atoms with Gasteiger partial charge in [0, 0.05) is 17.4 Å². The third-order valence-corrected chi connectivity index (χ3v) is 6.18. The Kier molecular flexibility index (Phi) is 5.50. The zero-order chi connectivity index (χ0) is 20.7. The number of ether oxygens (including phenoxy) is 3. The summed E-state index contributed by atoms with van der Waals surface area (Å²) in [5, 5.41) is 9.51. The second-order valence-corrected chi connectivity index (χ2v) is 8.11. The Morgan fingerprint density at radius 3 is 2.57 bits per heavy atom. The number of hydrogen-bond donors (Lipinski definition) is 1. The van der Waals surface area contributed by atoms with Crippen LogP contribution in [0, 0.1) is 29.6 Å². The zero-order valence-electron chi connectivity index (χ0n) is 16.3. The van der Waals surface area contributed by atoms with Crippen molar-refractivity contribution in [3.63, 3.8) is 0 Å². The van der Waals surface area contributed by atoms with E-state index < -0.39 is 65.9 Å². The van der Waals surface area contributed by atoms with Crippen molar-refractivity contribution in [2.45, 2.75) is 58.3 Å². The van der Waals surface area contributed by atoms with E-state index in [0.29, 0.717) is 12.8 Å². The lowest BCUT2D eigenvalue weighted by Crippen LogP contribution is -2.44. The number of esters is 3. The van der Waals surface area contributed by atoms with Gasteiger partial charge >= 0.3 is 23.9 Å². The summed E-state index contributed by atoms with van der Waals surface area (Å²) < 4.78 is 16.3. The van der Waals surface area contributed by atoms with Gasteiger partial charge in [-0.1, -0.05) is 20.4 Å². The lowest BCUT2D eigenvalue weighted by molar-refractivity contribution is -0.169. The molecule has 8 atom stereocenters. The van der Waals surface area contributed by atoms with Crippen molar-refractivity contribution >= 4 is 23.9 Å². The van der Waals surface area contributed by atoms with Crippen molar-refractivity contribution in [2.75, 3.05) is 0 Å². The highest BCUT2D eigenvalue weighted by Crippen LogP contribution is 2.58. The van der Waals surface area contributed by atoms with E-state index in [0.717, 1.165) is 0 Å². The molecule has 3 fully saturated rings. The predicted octanol–water partition coefficient (Wildman–Crippen LogP) is 1.71. The maximum absolute atomic E-state index is 12.6. The number of carbonyl (C=O) groups is 4. The summed E-state index contributed by atoms with van der Waals surface area (Å²) in [6.45, 7) is 8.61. The fourth-order valence-electron chi connectivity index (χ4n) is 4.77. The van der Waals surface area contributed by atoms with E-state index in [1.807, 2.05) is 6.92 Å². The molecule has 8 unspecified atom stereocenters. The molecule has 1 aliphatic heterocycles. The third kappa shape index (κ3) is 3.40. The van der Waals surface area contributed by atoms with E-state index in [9.17, 15) is 24.3 Å². The van der Waals surface area contributed by atoms with Gasteiger partial charge in [0.05, 0.1) is 17.8 Å². The molecule has 8 heteroatoms. The fraction of sp³-hybridized carbons (Fsp3) is 0.700. The van der Waals surface area contributed by atoms with Crippen molar-refractivity contribution < 1.29 is 38.5 Å². The molecule has 0 spiro atoms. The van der Waals surface area contributed by atoms with E-state index in [1.165, 1.54) is 0 Å². The van der Waals surface area contributed by atoms with Crippen LogP contribution >= 0.6 is 0 Å². The monoisotopic (exact) mass is 394 g/mol. The summed E-state index contributed by atoms with van der Waals surface area (Å²) in [5.74, 6) is -5.25. The number of rotatable bonds is 8. The van der Waals surface area contributed by atoms with Crippen LogP contribution in [-0.2, 0) is 33.4 Å². The van der Waals surface area contributed by atoms with Crippen molar-refractivity contribution in [3.8, 4) is 0 Å². The molecule has 154 valence electrons. The SMILES string of the molecule is C=C(C)C(=O)OC(CC)CC(C)C(=O)OC1C2CC3C1OC(=O)C3C2C(=O)O. The molecule has 0 aromatic rings. The van der Waals surface area contributed by atoms with Crippen molar-refractivity contribution in [1.82, 2.24) is 0 Å². The summed E-state index contributed by atoms with van der Waals surface area (Å²) in [4.78, 5) is 48.0. The second kappa shape index (κ2) is 7.56. The lowest BCUT2D eigenvalue weighted by Gasteiger charge is -2.30. The van der Waals surface area contributed by atoms with Crippen molar-refractivity contribution in [3.05, 3.63) is 12.2 Å². The Morgan fingerprint density at radius 1 is 1.32 bits per heavy atom. The van der Waals surface area contributed by atoms with Gasteiger partial charge in [0.1, 0.15) is 18.3 Å². The highest BCUT2D eigenvalue weighted by Gasteiger charge is 2.70. The normalized spacial score (nSPS) is 34.5. The first-order chi connectivity index (χ1) is 13.1. The quantitative estimate of drug-likeness (QED) is 0.376. The average molecular weight is 394 g/mol. The molecule has 0 aromatic heterocycles. The van der Waals surface area contributed by atoms with Crippen LogP contribution in [-0.4, -0.2) is 47.3 Å². The van der Waals surface area contributed by atoms with E-state index >= 15 is 0 Å². The van der Waals surface area contributed by atoms with Crippen LogP contribution < -0.4 is 0 Å². The van der Waals surface area contributed by atoms with Gasteiger partial charge in [0.2, 0.25) is 0 Å². The lowest BCUT2D eigenvalue weighted by atomic mass is 9.78. The largest absolute Gasteiger partial charge is 0.481 e. The van der Waals surface area contributed by atoms with Gasteiger partial charge < -0.3 is 19.3 Å². The van der Waals surface area contributed by atoms with Crippen molar-refractivity contribution in [2.24, 2.45) is 29.6 Å². The maximum atomic E-state index is 12.6. The van der Waals surface area contributed by atoms with Gasteiger partial charge in [0.15, 0.2) is 0 Å². The minimum atomic E-state index is -1.05. The van der Waals surface area contributed by atoms with Crippen LogP contribution in [0.15, 0.2) is 12.2 Å². The highest BCUT2D eigenvalue weighted by atomic mass is 16.6. The Bertz CT molecular complexity index is 713. The maximum Gasteiger partial charge on any atom is 0.333 e. The first-order valence-corrected chi connectivity index (χ1v) is 9.65. The predicted molar refractivity (Wildman–Crippen MR) is 94.7 cm³/mol. The number of carboxylic acids is 1. The van der Waals surface area contributed by atoms with E-state index in [2.05, 4.69) is 6.58 Å². The summed E-state index contributed by atoms with van der Waals surface area (Å²) in [5.41, 5.74) is 0.285. The van der Waals surface area contributed by atoms with Crippen LogP contribution in [0.4, 0.5) is 0 Å². The summed E-state index contributed by atoms with van der Waals surface area (Å²) in [6, 6.07) is 0. The third-order valence-electron chi connectivity index (χ3n) is 6.18. The number of carboxylic acid groups (broad SMARTS) is 1. The van der Waals surface area contributed by atoms with Crippen LogP contribution in [0.5, 0.6) is 0 Å². The molecule has 2 bridgehead atoms. The van der Waals surface area contributed by atoms with E-state index in [-0.39, 0.29) is 17.9 Å². The summed E-state index contributed by atoms with van der Waals surface area (Å²) in [7, 11) is 0. The minimum absolute atomic E-state index is 0.202. The molecule has 1 heterocycles. The van der Waals surface area contributed by atoms with Gasteiger partial charge in [0.25, 0.3) is 0 Å². The summed E-state index contributed by atoms with van der Waals surface area (Å²) >= 11 is 0. The Hall–Kier alpha value is -2.38. The Balaban J connectivity index is 1.63. The van der Waals surface area contributed by atoms with Gasteiger partial charge in [-0.05, 0) is 26.2 Å². The number of carbonyl (C=O) groups excluding carboxylic acids is 3. The van der Waals surface area contributed by atoms with Gasteiger partial charge in [-0.15, -0.1) is 0 Å². The Morgan fingerprint density at radius 2 is 2.00 bits per heavy atom. The van der Waals surface area contributed by atoms with Crippen molar-refractivity contribution in [1.29, 1.82) is 0 Å². The average Bonchev–Trinajstić information content (AvgIpc) is 3.23. The molecule has 2 saturated carbocycles. The van der Waals surface area contributed by atoms with E-state index in [4.69, 9.17) is 14.2 Å². The van der Waals surface area contributed by atoms with Gasteiger partial charge in [-0.3, -0.25) is 14.4 Å². The molecule has 3 rings (SSSR count). The van der Waals surface area contributed by atoms with E-state index in [1.54, 1.807) is 13.8 Å². The molecule has 8 nitrogen and oxygen atoms in total. The van der Waals surface area contributed by atoms with Crippen LogP contribution in [0.3, 0.4) is 0 Å². The highest BCUT2D eigenvalue weighted by molar-refractivity contribution is 5.87. The second-order valence-electron chi connectivity index (χ2n) is 8.11. The Labute approximate surface area is 163 Å². The number of fused-ring (bicyclic) bond motifs is 1. The molecule has 0 radical (unpaired) electrons. The number of aliphatic carboxylic acids is 1. The van der Waals surface area contributed by atoms with Crippen LogP contribution in [0.25, 0.3) is 0 Å². The smallest absolute Gasteiger partial charge is 0.333 e. The topological polar surface area (TPSA) is 116 Å². The number of hydrogen-bond acceptors (Lipinski definition) is 7. The fourth-order valence-corrected chi connectivity index (χ4v) is 4.77. The first-order valence-electron chi connectivity index (χ1n) is 9.65. The molecule has 0 amide bonds. The zero-order valence-corrected chi connectivity index (χ0v) is 16.3. The molecular formula is C20H26O8. The molecule has 28 heavy (non-hydrogen) atoms. The van der Waals surface area contributed by atoms with Crippen LogP contribution in [0.2, 0.25) is 0 Å². The first kappa shape index (κ1) is 20.4. The minimum Gasteiger partial charge on any atom is -0.481 e. The van der Waals surface area contributed by atoms with Gasteiger partial charge in [-0.25, -0.2) is 4.79 Å². The molecule has 1 N–H and O–H groups in total. The molecular weight excluding hydrogens is 368 g/mol.